The van der Waals surface area contributed by atoms with Crippen molar-refractivity contribution in [3.63, 3.8) is 0 Å². The number of halogens is 3. The average molecular weight is 180 g/mol. The third-order valence-electron chi connectivity index (χ3n) is 1.36. The zero-order chi connectivity index (χ0) is 9.35. The minimum atomic E-state index is -4.52. The first kappa shape index (κ1) is 8.92. The van der Waals surface area contributed by atoms with Crippen LogP contribution < -0.4 is 11.5 Å². The SMILES string of the molecule is Nc1ccoc1[C@@H](N)C(F)(F)F. The Kier molecular flexibility index (Phi) is 2.01. The van der Waals surface area contributed by atoms with Gasteiger partial charge < -0.3 is 15.9 Å². The monoisotopic (exact) mass is 180 g/mol. The van der Waals surface area contributed by atoms with Crippen LogP contribution in [0.15, 0.2) is 16.7 Å². The molecule has 4 N–H and O–H groups in total. The Bertz CT molecular complexity index is 268. The number of alkyl halides is 3. The first-order valence-electron chi connectivity index (χ1n) is 3.08. The summed E-state index contributed by atoms with van der Waals surface area (Å²) >= 11 is 0. The first-order chi connectivity index (χ1) is 5.43. The molecule has 0 bridgehead atoms. The summed E-state index contributed by atoms with van der Waals surface area (Å²) in [5, 5.41) is 0. The van der Waals surface area contributed by atoms with E-state index in [2.05, 4.69) is 4.42 Å². The van der Waals surface area contributed by atoms with Crippen molar-refractivity contribution >= 4 is 5.69 Å². The topological polar surface area (TPSA) is 65.2 Å². The van der Waals surface area contributed by atoms with Crippen molar-refractivity contribution in [1.29, 1.82) is 0 Å². The summed E-state index contributed by atoms with van der Waals surface area (Å²) in [5.74, 6) is -0.442. The van der Waals surface area contributed by atoms with Gasteiger partial charge in [0.2, 0.25) is 0 Å². The molecule has 0 fully saturated rings. The van der Waals surface area contributed by atoms with E-state index in [1.165, 1.54) is 6.07 Å². The van der Waals surface area contributed by atoms with E-state index in [1.807, 2.05) is 0 Å². The van der Waals surface area contributed by atoms with Crippen LogP contribution in [0.4, 0.5) is 18.9 Å². The standard InChI is InChI=1S/C6H7F3N2O/c7-6(8,9)5(11)4-3(10)1-2-12-4/h1-2,5H,10-11H2/t5-/m1/s1. The molecule has 3 nitrogen and oxygen atoms in total. The van der Waals surface area contributed by atoms with Crippen LogP contribution in [0.2, 0.25) is 0 Å². The van der Waals surface area contributed by atoms with Crippen LogP contribution in [0.3, 0.4) is 0 Å². The second kappa shape index (κ2) is 2.71. The van der Waals surface area contributed by atoms with E-state index in [0.717, 1.165) is 6.26 Å². The lowest BCUT2D eigenvalue weighted by Crippen LogP contribution is -2.28. The zero-order valence-electron chi connectivity index (χ0n) is 5.93. The molecule has 1 aromatic rings. The molecule has 1 atom stereocenters. The third kappa shape index (κ3) is 1.53. The highest BCUT2D eigenvalue weighted by Gasteiger charge is 2.40. The molecule has 68 valence electrons. The highest BCUT2D eigenvalue weighted by Crippen LogP contribution is 2.33. The van der Waals surface area contributed by atoms with Gasteiger partial charge in [-0.15, -0.1) is 0 Å². The van der Waals surface area contributed by atoms with E-state index < -0.39 is 18.0 Å². The molecule has 1 aromatic heterocycles. The Morgan fingerprint density at radius 1 is 1.42 bits per heavy atom. The molecular weight excluding hydrogens is 173 g/mol. The van der Waals surface area contributed by atoms with Gasteiger partial charge in [-0.2, -0.15) is 13.2 Å². The highest BCUT2D eigenvalue weighted by atomic mass is 19.4. The maximum Gasteiger partial charge on any atom is 0.410 e. The Morgan fingerprint density at radius 3 is 2.33 bits per heavy atom. The number of hydrogen-bond acceptors (Lipinski definition) is 3. The Balaban J connectivity index is 2.92. The van der Waals surface area contributed by atoms with Crippen LogP contribution in [-0.4, -0.2) is 6.18 Å². The fraction of sp³-hybridized carbons (Fsp3) is 0.333. The normalized spacial score (nSPS) is 14.7. The van der Waals surface area contributed by atoms with Gasteiger partial charge in [0.1, 0.15) is 0 Å². The van der Waals surface area contributed by atoms with E-state index in [1.54, 1.807) is 0 Å². The predicted molar refractivity (Wildman–Crippen MR) is 36.1 cm³/mol. The van der Waals surface area contributed by atoms with Gasteiger partial charge in [-0.25, -0.2) is 0 Å². The van der Waals surface area contributed by atoms with Crippen LogP contribution in [0.1, 0.15) is 11.8 Å². The highest BCUT2D eigenvalue weighted by molar-refractivity contribution is 5.42. The molecule has 0 spiro atoms. The Labute approximate surface area is 66.1 Å². The number of rotatable bonds is 1. The quantitative estimate of drug-likeness (QED) is 0.686. The molecule has 0 aromatic carbocycles. The van der Waals surface area contributed by atoms with Gasteiger partial charge in [-0.05, 0) is 6.07 Å². The molecular formula is C6H7F3N2O. The van der Waals surface area contributed by atoms with Crippen molar-refractivity contribution in [2.75, 3.05) is 5.73 Å². The molecule has 1 heterocycles. The smallest absolute Gasteiger partial charge is 0.410 e. The van der Waals surface area contributed by atoms with Gasteiger partial charge in [-0.1, -0.05) is 0 Å². The van der Waals surface area contributed by atoms with Gasteiger partial charge in [0.25, 0.3) is 0 Å². The molecule has 12 heavy (non-hydrogen) atoms. The third-order valence-corrected chi connectivity index (χ3v) is 1.36. The maximum atomic E-state index is 12.0. The van der Waals surface area contributed by atoms with Crippen LogP contribution in [0, 0.1) is 0 Å². The first-order valence-corrected chi connectivity index (χ1v) is 3.08. The van der Waals surface area contributed by atoms with Crippen LogP contribution in [0.25, 0.3) is 0 Å². The summed E-state index contributed by atoms with van der Waals surface area (Å²) < 4.78 is 40.3. The maximum absolute atomic E-state index is 12.0. The van der Waals surface area contributed by atoms with Crippen molar-refractivity contribution in [1.82, 2.24) is 0 Å². The van der Waals surface area contributed by atoms with Crippen LogP contribution in [0.5, 0.6) is 0 Å². The van der Waals surface area contributed by atoms with Crippen molar-refractivity contribution in [2.24, 2.45) is 5.73 Å². The number of furan rings is 1. The molecule has 0 amide bonds. The summed E-state index contributed by atoms with van der Waals surface area (Å²) in [7, 11) is 0. The molecule has 0 saturated carbocycles. The predicted octanol–water partition coefficient (Wildman–Crippen LogP) is 1.42. The Morgan fingerprint density at radius 2 is 2.00 bits per heavy atom. The fourth-order valence-corrected chi connectivity index (χ4v) is 0.732. The van der Waals surface area contributed by atoms with E-state index in [-0.39, 0.29) is 5.69 Å². The van der Waals surface area contributed by atoms with Gasteiger partial charge >= 0.3 is 6.18 Å². The van der Waals surface area contributed by atoms with Gasteiger partial charge in [0.05, 0.1) is 12.0 Å². The summed E-state index contributed by atoms with van der Waals surface area (Å²) in [6.45, 7) is 0. The van der Waals surface area contributed by atoms with Crippen molar-refractivity contribution < 1.29 is 17.6 Å². The van der Waals surface area contributed by atoms with Crippen molar-refractivity contribution in [2.45, 2.75) is 12.2 Å². The fourth-order valence-electron chi connectivity index (χ4n) is 0.732. The lowest BCUT2D eigenvalue weighted by molar-refractivity contribution is -0.152. The summed E-state index contributed by atoms with van der Waals surface area (Å²) in [6.07, 6.45) is -3.46. The molecule has 1 rings (SSSR count). The zero-order valence-corrected chi connectivity index (χ0v) is 5.93. The van der Waals surface area contributed by atoms with Crippen molar-refractivity contribution in [3.8, 4) is 0 Å². The number of nitrogen functional groups attached to an aromatic ring is 1. The molecule has 0 aliphatic heterocycles. The molecule has 0 saturated heterocycles. The Hall–Kier alpha value is -1.17. The molecule has 0 aliphatic carbocycles. The van der Waals surface area contributed by atoms with Gasteiger partial charge in [-0.3, -0.25) is 0 Å². The lowest BCUT2D eigenvalue weighted by atomic mass is 10.2. The molecule has 6 heteroatoms. The minimum Gasteiger partial charge on any atom is -0.465 e. The lowest BCUT2D eigenvalue weighted by Gasteiger charge is -2.13. The molecule has 0 unspecified atom stereocenters. The second-order valence-electron chi connectivity index (χ2n) is 2.26. The largest absolute Gasteiger partial charge is 0.465 e. The van der Waals surface area contributed by atoms with E-state index in [0.29, 0.717) is 0 Å². The molecule has 0 aliphatic rings. The van der Waals surface area contributed by atoms with E-state index >= 15 is 0 Å². The van der Waals surface area contributed by atoms with Gasteiger partial charge in [0.15, 0.2) is 11.8 Å². The van der Waals surface area contributed by atoms with E-state index in [4.69, 9.17) is 11.5 Å². The summed E-state index contributed by atoms with van der Waals surface area (Å²) in [4.78, 5) is 0. The average Bonchev–Trinajstić information content (AvgIpc) is 2.31. The second-order valence-corrected chi connectivity index (χ2v) is 2.26. The number of anilines is 1. The summed E-state index contributed by atoms with van der Waals surface area (Å²) in [6, 6.07) is -0.923. The molecule has 0 radical (unpaired) electrons. The number of hydrogen-bond donors (Lipinski definition) is 2. The van der Waals surface area contributed by atoms with Gasteiger partial charge in [0, 0.05) is 0 Å². The van der Waals surface area contributed by atoms with Crippen molar-refractivity contribution in [3.05, 3.63) is 18.1 Å². The number of nitrogens with two attached hydrogens (primary N) is 2. The minimum absolute atomic E-state index is 0.0835. The summed E-state index contributed by atoms with van der Waals surface area (Å²) in [5.41, 5.74) is 9.90. The van der Waals surface area contributed by atoms with Crippen LogP contribution in [-0.2, 0) is 0 Å². The van der Waals surface area contributed by atoms with Crippen LogP contribution >= 0.6 is 0 Å². The van der Waals surface area contributed by atoms with E-state index in [9.17, 15) is 13.2 Å².